The molecule has 0 saturated carbocycles. The summed E-state index contributed by atoms with van der Waals surface area (Å²) in [5, 5.41) is 6.54. The average molecular weight is 268 g/mol. The second-order valence-electron chi connectivity index (χ2n) is 3.98. The zero-order chi connectivity index (χ0) is 12.7. The third kappa shape index (κ3) is 2.13. The van der Waals surface area contributed by atoms with Crippen molar-refractivity contribution in [3.05, 3.63) is 22.1 Å². The van der Waals surface area contributed by atoms with Crippen molar-refractivity contribution in [2.24, 2.45) is 0 Å². The van der Waals surface area contributed by atoms with Gasteiger partial charge in [-0.1, -0.05) is 0 Å². The molecule has 2 aromatic heterocycles. The Labute approximate surface area is 108 Å². The zero-order valence-corrected chi connectivity index (χ0v) is 10.7. The van der Waals surface area contributed by atoms with Gasteiger partial charge in [-0.3, -0.25) is 0 Å². The van der Waals surface area contributed by atoms with Crippen LogP contribution < -0.4 is 16.8 Å². The number of nitrogens with one attached hydrogen (secondary N) is 1. The van der Waals surface area contributed by atoms with E-state index in [1.807, 2.05) is 10.8 Å². The van der Waals surface area contributed by atoms with Gasteiger partial charge >= 0.3 is 0 Å². The van der Waals surface area contributed by atoms with E-state index in [1.165, 1.54) is 22.7 Å². The minimum Gasteiger partial charge on any atom is -0.375 e. The first kappa shape index (κ1) is 9.81. The standard InChI is InChI=1S/C10H13N5S2/c11-9-14-7(3-16-9)5-1-2-6(13-5)8-4-17-10(12)15-8/h3-6,13H,1-2H2,(H2,11,14)(H2,12,15)/i/hD. The predicted molar refractivity (Wildman–Crippen MR) is 70.9 cm³/mol. The summed E-state index contributed by atoms with van der Waals surface area (Å²) in [4.78, 5) is 8.54. The number of aromatic nitrogens is 2. The average Bonchev–Trinajstić information content (AvgIpc) is 3.00. The van der Waals surface area contributed by atoms with Gasteiger partial charge in [-0.25, -0.2) is 9.97 Å². The number of rotatable bonds is 2. The van der Waals surface area contributed by atoms with Crippen molar-refractivity contribution >= 4 is 32.9 Å². The normalized spacial score (nSPS) is 26.2. The number of nitrogen functional groups attached to an aromatic ring is 2. The van der Waals surface area contributed by atoms with E-state index in [-0.39, 0.29) is 12.1 Å². The van der Waals surface area contributed by atoms with Gasteiger partial charge in [0.15, 0.2) is 10.3 Å². The number of nitrogens with zero attached hydrogens (tertiary/aromatic N) is 2. The molecule has 0 aromatic carbocycles. The summed E-state index contributed by atoms with van der Waals surface area (Å²) < 4.78 is 8.22. The van der Waals surface area contributed by atoms with Gasteiger partial charge < -0.3 is 16.8 Å². The van der Waals surface area contributed by atoms with Crippen molar-refractivity contribution in [2.45, 2.75) is 24.9 Å². The Morgan fingerprint density at radius 1 is 1.12 bits per heavy atom. The van der Waals surface area contributed by atoms with Gasteiger partial charge in [0.25, 0.3) is 0 Å². The van der Waals surface area contributed by atoms with Crippen molar-refractivity contribution in [1.29, 1.82) is 0 Å². The Morgan fingerprint density at radius 3 is 1.94 bits per heavy atom. The summed E-state index contributed by atoms with van der Waals surface area (Å²) in [7, 11) is 0. The number of hydrogen-bond donors (Lipinski definition) is 3. The first-order valence-corrected chi connectivity index (χ1v) is 7.10. The summed E-state index contributed by atoms with van der Waals surface area (Å²) in [6, 6.07) is 0.0120. The lowest BCUT2D eigenvalue weighted by Crippen LogP contribution is -2.18. The lowest BCUT2D eigenvalue weighted by atomic mass is 10.1. The molecule has 1 fully saturated rings. The van der Waals surface area contributed by atoms with E-state index in [2.05, 4.69) is 9.97 Å². The third-order valence-electron chi connectivity index (χ3n) is 2.84. The van der Waals surface area contributed by atoms with Crippen LogP contribution in [-0.2, 0) is 0 Å². The van der Waals surface area contributed by atoms with Gasteiger partial charge in [0.1, 0.15) is 1.41 Å². The monoisotopic (exact) mass is 268 g/mol. The van der Waals surface area contributed by atoms with Crippen LogP contribution in [0.5, 0.6) is 0 Å². The van der Waals surface area contributed by atoms with E-state index in [1.54, 1.807) is 5.31 Å². The molecule has 0 amide bonds. The van der Waals surface area contributed by atoms with Crippen LogP contribution in [-0.4, -0.2) is 9.97 Å². The second-order valence-corrected chi connectivity index (χ2v) is 5.76. The first-order chi connectivity index (χ1) is 8.65. The van der Waals surface area contributed by atoms with Crippen LogP contribution in [0.3, 0.4) is 0 Å². The summed E-state index contributed by atoms with van der Waals surface area (Å²) in [5.41, 5.74) is 13.1. The summed E-state index contributed by atoms with van der Waals surface area (Å²) in [6.07, 6.45) is 1.80. The van der Waals surface area contributed by atoms with Crippen LogP contribution in [0.1, 0.15) is 36.3 Å². The molecular formula is C10H13N5S2. The molecule has 0 radical (unpaired) electrons. The summed E-state index contributed by atoms with van der Waals surface area (Å²) in [6.45, 7) is 0. The molecular weight excluding hydrogens is 254 g/mol. The maximum atomic E-state index is 8.22. The minimum absolute atomic E-state index is 0.00599. The van der Waals surface area contributed by atoms with E-state index in [0.29, 0.717) is 10.3 Å². The van der Waals surface area contributed by atoms with E-state index >= 15 is 0 Å². The van der Waals surface area contributed by atoms with Crippen molar-refractivity contribution in [1.82, 2.24) is 15.3 Å². The van der Waals surface area contributed by atoms with Gasteiger partial charge in [0, 0.05) is 10.8 Å². The molecule has 3 rings (SSSR count). The Morgan fingerprint density at radius 2 is 1.59 bits per heavy atom. The highest BCUT2D eigenvalue weighted by molar-refractivity contribution is 7.13. The van der Waals surface area contributed by atoms with Gasteiger partial charge in [-0.15, -0.1) is 22.7 Å². The number of hydrogen-bond acceptors (Lipinski definition) is 7. The van der Waals surface area contributed by atoms with Crippen LogP contribution in [0.25, 0.3) is 0 Å². The molecule has 0 aliphatic carbocycles. The second kappa shape index (κ2) is 4.25. The van der Waals surface area contributed by atoms with Crippen LogP contribution in [0.2, 0.25) is 1.41 Å². The van der Waals surface area contributed by atoms with Crippen molar-refractivity contribution in [3.63, 3.8) is 0 Å². The van der Waals surface area contributed by atoms with E-state index in [4.69, 9.17) is 12.9 Å². The maximum absolute atomic E-state index is 8.22. The van der Waals surface area contributed by atoms with Crippen molar-refractivity contribution < 1.29 is 1.41 Å². The fraction of sp³-hybridized carbons (Fsp3) is 0.400. The fourth-order valence-electron chi connectivity index (χ4n) is 2.04. The molecule has 0 spiro atoms. The number of anilines is 2. The largest absolute Gasteiger partial charge is 0.375 e. The quantitative estimate of drug-likeness (QED) is 0.774. The fourth-order valence-corrected chi connectivity index (χ4v) is 3.26. The van der Waals surface area contributed by atoms with Crippen LogP contribution in [0, 0.1) is 0 Å². The third-order valence-corrected chi connectivity index (χ3v) is 4.22. The zero-order valence-electron chi connectivity index (χ0n) is 10.0. The Hall–Kier alpha value is -1.18. The Bertz CT molecular complexity index is 506. The molecule has 17 heavy (non-hydrogen) atoms. The molecule has 1 saturated heterocycles. The molecule has 2 aromatic rings. The highest BCUT2D eigenvalue weighted by atomic mass is 32.1. The number of thiazole rings is 2. The number of nitrogens with two attached hydrogens (primary N) is 2. The van der Waals surface area contributed by atoms with Crippen LogP contribution >= 0.6 is 22.7 Å². The lowest BCUT2D eigenvalue weighted by molar-refractivity contribution is 0.559. The van der Waals surface area contributed by atoms with Gasteiger partial charge in [0.05, 0.1) is 23.5 Å². The van der Waals surface area contributed by atoms with Crippen LogP contribution in [0.4, 0.5) is 10.3 Å². The molecule has 2 unspecified atom stereocenters. The highest BCUT2D eigenvalue weighted by Crippen LogP contribution is 2.35. The smallest absolute Gasteiger partial charge is 0.180 e. The SMILES string of the molecule is [2H]N1C(c2csc(N)n2)CCC1c1csc(N)n1. The Kier molecular flexibility index (Phi) is 2.45. The van der Waals surface area contributed by atoms with E-state index < -0.39 is 0 Å². The van der Waals surface area contributed by atoms with Gasteiger partial charge in [-0.05, 0) is 12.8 Å². The lowest BCUT2D eigenvalue weighted by Gasteiger charge is -2.10. The van der Waals surface area contributed by atoms with Gasteiger partial charge in [-0.2, -0.15) is 0 Å². The molecule has 5 N–H and O–H groups in total. The molecule has 1 aliphatic heterocycles. The first-order valence-electron chi connectivity index (χ1n) is 5.79. The Balaban J connectivity index is 1.82. The van der Waals surface area contributed by atoms with Crippen molar-refractivity contribution in [3.8, 4) is 0 Å². The molecule has 1 aliphatic rings. The molecule has 3 heterocycles. The maximum Gasteiger partial charge on any atom is 0.180 e. The molecule has 2 atom stereocenters. The molecule has 0 bridgehead atoms. The highest BCUT2D eigenvalue weighted by Gasteiger charge is 2.28. The summed E-state index contributed by atoms with van der Waals surface area (Å²) in [5.74, 6) is 0. The molecule has 7 heteroatoms. The van der Waals surface area contributed by atoms with Crippen LogP contribution in [0.15, 0.2) is 10.8 Å². The molecule has 5 nitrogen and oxygen atoms in total. The van der Waals surface area contributed by atoms with Gasteiger partial charge in [0.2, 0.25) is 0 Å². The molecule has 90 valence electrons. The topological polar surface area (TPSA) is 89.8 Å². The predicted octanol–water partition coefficient (Wildman–Crippen LogP) is 1.93. The van der Waals surface area contributed by atoms with E-state index in [9.17, 15) is 0 Å². The minimum atomic E-state index is 0.00599. The van der Waals surface area contributed by atoms with E-state index in [0.717, 1.165) is 24.2 Å². The van der Waals surface area contributed by atoms with Crippen molar-refractivity contribution in [2.75, 3.05) is 11.5 Å². The summed E-state index contributed by atoms with van der Waals surface area (Å²) >= 11 is 2.84.